The molecule has 1 atom stereocenters. The first-order valence-corrected chi connectivity index (χ1v) is 10.2. The van der Waals surface area contributed by atoms with E-state index in [2.05, 4.69) is 34.5 Å². The number of benzene rings is 1. The number of nitrogens with zero attached hydrogens (tertiary/aromatic N) is 1. The molecule has 126 valence electrons. The van der Waals surface area contributed by atoms with Gasteiger partial charge in [-0.25, -0.2) is 0 Å². The van der Waals surface area contributed by atoms with Crippen LogP contribution in [0.2, 0.25) is 0 Å². The predicted molar refractivity (Wildman–Crippen MR) is 97.9 cm³/mol. The maximum Gasteiger partial charge on any atom is 0.223 e. The highest BCUT2D eigenvalue weighted by molar-refractivity contribution is 7.99. The van der Waals surface area contributed by atoms with Gasteiger partial charge in [-0.1, -0.05) is 37.1 Å². The summed E-state index contributed by atoms with van der Waals surface area (Å²) in [5.41, 5.74) is 2.90. The van der Waals surface area contributed by atoms with E-state index >= 15 is 0 Å². The first-order chi connectivity index (χ1) is 11.3. The maximum atomic E-state index is 12.4. The molecule has 3 rings (SSSR count). The fourth-order valence-corrected chi connectivity index (χ4v) is 4.64. The Labute approximate surface area is 144 Å². The molecule has 2 aliphatic rings. The standard InChI is InChI=1S/C19H28N2OS/c22-19(21-12-5-1-2-6-13-21)9-11-20-18-15-23-14-10-16-7-3-4-8-17(16)18/h3-4,7-8,18,20H,1-2,5-6,9-15H2. The molecule has 1 amide bonds. The Hall–Kier alpha value is -1.00. The van der Waals surface area contributed by atoms with Crippen LogP contribution in [0.15, 0.2) is 24.3 Å². The second kappa shape index (κ2) is 8.74. The number of amides is 1. The van der Waals surface area contributed by atoms with Gasteiger partial charge in [0, 0.05) is 37.8 Å². The van der Waals surface area contributed by atoms with E-state index in [4.69, 9.17) is 0 Å². The van der Waals surface area contributed by atoms with Crippen LogP contribution in [0.1, 0.15) is 49.3 Å². The van der Waals surface area contributed by atoms with E-state index < -0.39 is 0 Å². The van der Waals surface area contributed by atoms with Crippen molar-refractivity contribution in [2.75, 3.05) is 31.1 Å². The zero-order valence-electron chi connectivity index (χ0n) is 13.9. The van der Waals surface area contributed by atoms with Crippen molar-refractivity contribution in [3.8, 4) is 0 Å². The largest absolute Gasteiger partial charge is 0.343 e. The summed E-state index contributed by atoms with van der Waals surface area (Å²) in [4.78, 5) is 14.5. The van der Waals surface area contributed by atoms with Crippen LogP contribution in [0.3, 0.4) is 0 Å². The van der Waals surface area contributed by atoms with Gasteiger partial charge in [0.15, 0.2) is 0 Å². The van der Waals surface area contributed by atoms with Crippen molar-refractivity contribution in [2.45, 2.75) is 44.6 Å². The molecule has 3 nitrogen and oxygen atoms in total. The van der Waals surface area contributed by atoms with Gasteiger partial charge in [-0.2, -0.15) is 11.8 Å². The summed E-state index contributed by atoms with van der Waals surface area (Å²) in [6.07, 6.45) is 6.68. The van der Waals surface area contributed by atoms with Gasteiger partial charge in [-0.3, -0.25) is 4.79 Å². The van der Waals surface area contributed by atoms with E-state index in [1.807, 2.05) is 11.8 Å². The van der Waals surface area contributed by atoms with Crippen molar-refractivity contribution >= 4 is 17.7 Å². The molecule has 0 aliphatic carbocycles. The van der Waals surface area contributed by atoms with Crippen LogP contribution in [0.5, 0.6) is 0 Å². The number of rotatable bonds is 4. The lowest BCUT2D eigenvalue weighted by atomic mass is 9.99. The van der Waals surface area contributed by atoms with E-state index in [9.17, 15) is 4.79 Å². The van der Waals surface area contributed by atoms with E-state index in [-0.39, 0.29) is 0 Å². The van der Waals surface area contributed by atoms with Crippen molar-refractivity contribution in [2.24, 2.45) is 0 Å². The lowest BCUT2D eigenvalue weighted by Crippen LogP contribution is -2.35. The van der Waals surface area contributed by atoms with Gasteiger partial charge in [0.1, 0.15) is 0 Å². The molecule has 1 unspecified atom stereocenters. The minimum Gasteiger partial charge on any atom is -0.343 e. The molecule has 0 aromatic heterocycles. The first kappa shape index (κ1) is 16.8. The average Bonchev–Trinajstić information content (AvgIpc) is 2.96. The molecule has 0 radical (unpaired) electrons. The van der Waals surface area contributed by atoms with E-state index in [1.54, 1.807) is 0 Å². The number of aryl methyl sites for hydroxylation is 1. The minimum absolute atomic E-state index is 0.328. The lowest BCUT2D eigenvalue weighted by Gasteiger charge is -2.22. The summed E-state index contributed by atoms with van der Waals surface area (Å²) in [7, 11) is 0. The van der Waals surface area contributed by atoms with Gasteiger partial charge < -0.3 is 10.2 Å². The molecule has 2 heterocycles. The Bertz CT molecular complexity index is 512. The van der Waals surface area contributed by atoms with Crippen LogP contribution < -0.4 is 5.32 Å². The Morgan fingerprint density at radius 2 is 1.96 bits per heavy atom. The number of carbonyl (C=O) groups excluding carboxylic acids is 1. The van der Waals surface area contributed by atoms with E-state index in [0.29, 0.717) is 18.4 Å². The van der Waals surface area contributed by atoms with Gasteiger partial charge in [0.25, 0.3) is 0 Å². The fraction of sp³-hybridized carbons (Fsp3) is 0.632. The monoisotopic (exact) mass is 332 g/mol. The van der Waals surface area contributed by atoms with Crippen molar-refractivity contribution in [1.29, 1.82) is 0 Å². The molecule has 2 aliphatic heterocycles. The summed E-state index contributed by atoms with van der Waals surface area (Å²) in [5.74, 6) is 2.63. The highest BCUT2D eigenvalue weighted by atomic mass is 32.2. The number of fused-ring (bicyclic) bond motifs is 1. The number of hydrogen-bond donors (Lipinski definition) is 1. The minimum atomic E-state index is 0.328. The average molecular weight is 333 g/mol. The van der Waals surface area contributed by atoms with Gasteiger partial charge >= 0.3 is 0 Å². The molecule has 1 fully saturated rings. The van der Waals surface area contributed by atoms with Crippen LogP contribution in [-0.2, 0) is 11.2 Å². The van der Waals surface area contributed by atoms with Crippen LogP contribution >= 0.6 is 11.8 Å². The molecular formula is C19H28N2OS. The second-order valence-electron chi connectivity index (χ2n) is 6.58. The molecule has 4 heteroatoms. The first-order valence-electron chi connectivity index (χ1n) is 9.01. The Balaban J connectivity index is 1.51. The van der Waals surface area contributed by atoms with Gasteiger partial charge in [0.2, 0.25) is 5.91 Å². The summed E-state index contributed by atoms with van der Waals surface area (Å²) in [6.45, 7) is 2.71. The Morgan fingerprint density at radius 3 is 2.78 bits per heavy atom. The zero-order valence-corrected chi connectivity index (χ0v) is 14.7. The number of carbonyl (C=O) groups is 1. The summed E-state index contributed by atoms with van der Waals surface area (Å²) >= 11 is 2.01. The molecule has 1 aromatic carbocycles. The third-order valence-corrected chi connectivity index (χ3v) is 5.98. The molecule has 0 spiro atoms. The summed E-state index contributed by atoms with van der Waals surface area (Å²) < 4.78 is 0. The number of likely N-dealkylation sites (tertiary alicyclic amines) is 1. The molecule has 1 aromatic rings. The smallest absolute Gasteiger partial charge is 0.223 e. The highest BCUT2D eigenvalue weighted by Crippen LogP contribution is 2.27. The zero-order chi connectivity index (χ0) is 15.9. The van der Waals surface area contributed by atoms with Crippen LogP contribution in [0.25, 0.3) is 0 Å². The normalized spacial score (nSPS) is 22.1. The van der Waals surface area contributed by atoms with E-state index in [0.717, 1.165) is 31.8 Å². The SMILES string of the molecule is O=C(CCNC1CSCCc2ccccc21)N1CCCCCC1. The second-order valence-corrected chi connectivity index (χ2v) is 7.73. The number of thioether (sulfide) groups is 1. The topological polar surface area (TPSA) is 32.3 Å². The predicted octanol–water partition coefficient (Wildman–Crippen LogP) is 3.40. The highest BCUT2D eigenvalue weighted by Gasteiger charge is 2.19. The Morgan fingerprint density at radius 1 is 1.17 bits per heavy atom. The molecule has 0 saturated carbocycles. The van der Waals surface area contributed by atoms with Crippen molar-refractivity contribution in [1.82, 2.24) is 10.2 Å². The molecular weight excluding hydrogens is 304 g/mol. The fourth-order valence-electron chi connectivity index (χ4n) is 3.58. The molecule has 1 N–H and O–H groups in total. The summed E-state index contributed by atoms with van der Waals surface area (Å²) in [5, 5.41) is 3.64. The van der Waals surface area contributed by atoms with Gasteiger partial charge in [-0.05, 0) is 36.1 Å². The molecule has 23 heavy (non-hydrogen) atoms. The van der Waals surface area contributed by atoms with Crippen molar-refractivity contribution < 1.29 is 4.79 Å². The molecule has 1 saturated heterocycles. The van der Waals surface area contributed by atoms with Crippen LogP contribution in [0, 0.1) is 0 Å². The van der Waals surface area contributed by atoms with Crippen LogP contribution in [0.4, 0.5) is 0 Å². The molecule has 0 bridgehead atoms. The maximum absolute atomic E-state index is 12.4. The quantitative estimate of drug-likeness (QED) is 0.917. The Kier molecular flexibility index (Phi) is 6.40. The van der Waals surface area contributed by atoms with Crippen LogP contribution in [-0.4, -0.2) is 41.9 Å². The third kappa shape index (κ3) is 4.74. The van der Waals surface area contributed by atoms with Gasteiger partial charge in [-0.15, -0.1) is 0 Å². The van der Waals surface area contributed by atoms with Crippen molar-refractivity contribution in [3.63, 3.8) is 0 Å². The number of nitrogens with one attached hydrogen (secondary N) is 1. The number of hydrogen-bond acceptors (Lipinski definition) is 3. The third-order valence-electron chi connectivity index (χ3n) is 4.92. The summed E-state index contributed by atoms with van der Waals surface area (Å²) in [6, 6.07) is 9.14. The van der Waals surface area contributed by atoms with Crippen molar-refractivity contribution in [3.05, 3.63) is 35.4 Å². The lowest BCUT2D eigenvalue weighted by molar-refractivity contribution is -0.131. The van der Waals surface area contributed by atoms with Gasteiger partial charge in [0.05, 0.1) is 0 Å². The van der Waals surface area contributed by atoms with E-state index in [1.165, 1.54) is 42.6 Å².